The highest BCUT2D eigenvalue weighted by Gasteiger charge is 2.20. The van der Waals surface area contributed by atoms with Crippen LogP contribution < -0.4 is 10.6 Å². The number of fused-ring (bicyclic) bond motifs is 1. The number of rotatable bonds is 4. The van der Waals surface area contributed by atoms with Crippen LogP contribution in [0.1, 0.15) is 19.2 Å². The molecule has 1 unspecified atom stereocenters. The van der Waals surface area contributed by atoms with Crippen molar-refractivity contribution in [2.75, 3.05) is 18.5 Å². The van der Waals surface area contributed by atoms with Crippen LogP contribution in [-0.4, -0.2) is 24.5 Å². The normalized spacial score (nSPS) is 12.6. The van der Waals surface area contributed by atoms with Gasteiger partial charge in [-0.1, -0.05) is 6.92 Å². The van der Waals surface area contributed by atoms with Crippen molar-refractivity contribution in [1.29, 1.82) is 0 Å². The van der Waals surface area contributed by atoms with Gasteiger partial charge < -0.3 is 15.1 Å². The minimum atomic E-state index is -0.142. The van der Waals surface area contributed by atoms with Gasteiger partial charge in [0.25, 0.3) is 0 Å². The highest BCUT2D eigenvalue weighted by atomic mass is 16.3. The zero-order valence-electron chi connectivity index (χ0n) is 11.5. The van der Waals surface area contributed by atoms with Crippen LogP contribution in [0.2, 0.25) is 0 Å². The summed E-state index contributed by atoms with van der Waals surface area (Å²) in [5, 5.41) is 0. The first-order chi connectivity index (χ1) is 9.06. The summed E-state index contributed by atoms with van der Waals surface area (Å²) in [5.41, 5.74) is 7.90. The maximum Gasteiger partial charge on any atom is 0.231 e. The van der Waals surface area contributed by atoms with Crippen LogP contribution in [0.3, 0.4) is 0 Å². The molecule has 0 aliphatic heterocycles. The Hall–Kier alpha value is -1.88. The zero-order valence-corrected chi connectivity index (χ0v) is 11.5. The maximum absolute atomic E-state index is 12.2. The molecule has 1 atom stereocenters. The smallest absolute Gasteiger partial charge is 0.231 e. The van der Waals surface area contributed by atoms with E-state index < -0.39 is 0 Å². The van der Waals surface area contributed by atoms with Gasteiger partial charge in [-0.25, -0.2) is 4.98 Å². The number of aryl methyl sites for hydroxylation is 1. The molecule has 0 spiro atoms. The second kappa shape index (κ2) is 5.40. The van der Waals surface area contributed by atoms with Gasteiger partial charge in [-0.05, 0) is 18.6 Å². The van der Waals surface area contributed by atoms with Crippen molar-refractivity contribution in [2.45, 2.75) is 20.3 Å². The number of benzene rings is 1. The van der Waals surface area contributed by atoms with Gasteiger partial charge in [-0.3, -0.25) is 4.79 Å². The zero-order chi connectivity index (χ0) is 14.0. The van der Waals surface area contributed by atoms with Crippen molar-refractivity contribution in [1.82, 2.24) is 4.98 Å². The van der Waals surface area contributed by atoms with Crippen LogP contribution in [-0.2, 0) is 4.79 Å². The van der Waals surface area contributed by atoms with Gasteiger partial charge in [-0.15, -0.1) is 0 Å². The van der Waals surface area contributed by atoms with Gasteiger partial charge in [-0.2, -0.15) is 0 Å². The molecule has 1 aromatic carbocycles. The first-order valence-electron chi connectivity index (χ1n) is 6.41. The molecule has 0 saturated heterocycles. The molecule has 1 amide bonds. The van der Waals surface area contributed by atoms with Crippen LogP contribution in [0.5, 0.6) is 0 Å². The van der Waals surface area contributed by atoms with E-state index in [-0.39, 0.29) is 11.8 Å². The molecule has 2 rings (SSSR count). The molecule has 0 bridgehead atoms. The lowest BCUT2D eigenvalue weighted by molar-refractivity contribution is -0.121. The lowest BCUT2D eigenvalue weighted by Gasteiger charge is -2.22. The van der Waals surface area contributed by atoms with Crippen LogP contribution in [0, 0.1) is 12.8 Å². The fraction of sp³-hybridized carbons (Fsp3) is 0.429. The first kappa shape index (κ1) is 13.5. The molecule has 0 saturated carbocycles. The van der Waals surface area contributed by atoms with E-state index in [9.17, 15) is 4.79 Å². The number of carbonyl (C=O) groups is 1. The number of nitrogens with two attached hydrogens (primary N) is 1. The summed E-state index contributed by atoms with van der Waals surface area (Å²) >= 11 is 0. The fourth-order valence-electron chi connectivity index (χ4n) is 2.08. The van der Waals surface area contributed by atoms with Crippen molar-refractivity contribution in [3.8, 4) is 0 Å². The highest BCUT2D eigenvalue weighted by Crippen LogP contribution is 2.23. The molecule has 19 heavy (non-hydrogen) atoms. The fourth-order valence-corrected chi connectivity index (χ4v) is 2.08. The third-order valence-corrected chi connectivity index (χ3v) is 3.32. The minimum absolute atomic E-state index is 0.0283. The molecule has 102 valence electrons. The molecule has 0 aliphatic rings. The molecule has 0 aliphatic carbocycles. The van der Waals surface area contributed by atoms with Crippen LogP contribution in [0.15, 0.2) is 22.6 Å². The minimum Gasteiger partial charge on any atom is -0.441 e. The van der Waals surface area contributed by atoms with E-state index in [0.717, 1.165) is 17.6 Å². The summed E-state index contributed by atoms with van der Waals surface area (Å²) in [7, 11) is 1.76. The van der Waals surface area contributed by atoms with Crippen LogP contribution in [0.4, 0.5) is 5.69 Å². The lowest BCUT2D eigenvalue weighted by Crippen LogP contribution is -2.36. The summed E-state index contributed by atoms with van der Waals surface area (Å²) in [6.45, 7) is 4.13. The Balaban J connectivity index is 2.30. The van der Waals surface area contributed by atoms with E-state index >= 15 is 0 Å². The molecule has 1 aromatic heterocycles. The van der Waals surface area contributed by atoms with Gasteiger partial charge in [0, 0.05) is 32.3 Å². The molecular formula is C14H19N3O2. The van der Waals surface area contributed by atoms with Gasteiger partial charge in [0.1, 0.15) is 5.52 Å². The van der Waals surface area contributed by atoms with Crippen molar-refractivity contribution >= 4 is 22.7 Å². The van der Waals surface area contributed by atoms with Gasteiger partial charge in [0.2, 0.25) is 5.91 Å². The Bertz CT molecular complexity index is 587. The van der Waals surface area contributed by atoms with Crippen molar-refractivity contribution < 1.29 is 9.21 Å². The average Bonchev–Trinajstić information content (AvgIpc) is 2.78. The van der Waals surface area contributed by atoms with Gasteiger partial charge >= 0.3 is 0 Å². The number of aromatic nitrogens is 1. The highest BCUT2D eigenvalue weighted by molar-refractivity contribution is 5.96. The number of anilines is 1. The standard InChI is InChI=1S/C14H19N3O2/c1-4-10(8-15)14(18)17(3)11-5-6-12-13(7-11)19-9(2)16-12/h5-7,10H,4,8,15H2,1-3H3. The Morgan fingerprint density at radius 1 is 1.53 bits per heavy atom. The Kier molecular flexibility index (Phi) is 3.85. The molecule has 2 aromatic rings. The molecule has 1 heterocycles. The predicted octanol–water partition coefficient (Wildman–Crippen LogP) is 2.08. The Labute approximate surface area is 112 Å². The second-order valence-corrected chi connectivity index (χ2v) is 4.62. The number of carbonyl (C=O) groups excluding carboxylic acids is 1. The molecule has 0 radical (unpaired) electrons. The number of hydrogen-bond acceptors (Lipinski definition) is 4. The summed E-state index contributed by atoms with van der Waals surface area (Å²) in [6.07, 6.45) is 0.739. The van der Waals surface area contributed by atoms with E-state index in [0.29, 0.717) is 18.0 Å². The van der Waals surface area contributed by atoms with Crippen molar-refractivity contribution in [3.05, 3.63) is 24.1 Å². The van der Waals surface area contributed by atoms with Gasteiger partial charge in [0.15, 0.2) is 11.5 Å². The predicted molar refractivity (Wildman–Crippen MR) is 75.0 cm³/mol. The summed E-state index contributed by atoms with van der Waals surface area (Å²) in [5.74, 6) is 0.507. The monoisotopic (exact) mass is 261 g/mol. The van der Waals surface area contributed by atoms with Crippen molar-refractivity contribution in [3.63, 3.8) is 0 Å². The van der Waals surface area contributed by atoms with E-state index in [1.807, 2.05) is 25.1 Å². The molecule has 2 N–H and O–H groups in total. The van der Waals surface area contributed by atoms with Crippen LogP contribution in [0.25, 0.3) is 11.1 Å². The first-order valence-corrected chi connectivity index (χ1v) is 6.41. The SMILES string of the molecule is CCC(CN)C(=O)N(C)c1ccc2nc(C)oc2c1. The summed E-state index contributed by atoms with van der Waals surface area (Å²) < 4.78 is 5.48. The van der Waals surface area contributed by atoms with E-state index in [1.165, 1.54) is 0 Å². The van der Waals surface area contributed by atoms with Gasteiger partial charge in [0.05, 0.1) is 5.92 Å². The Morgan fingerprint density at radius 2 is 2.26 bits per heavy atom. The summed E-state index contributed by atoms with van der Waals surface area (Å²) in [6, 6.07) is 5.55. The third-order valence-electron chi connectivity index (χ3n) is 3.32. The number of oxazole rings is 1. The third kappa shape index (κ3) is 2.61. The molecule has 5 nitrogen and oxygen atoms in total. The molecule has 5 heteroatoms. The van der Waals surface area contributed by atoms with E-state index in [2.05, 4.69) is 4.98 Å². The quantitative estimate of drug-likeness (QED) is 0.914. The number of hydrogen-bond donors (Lipinski definition) is 1. The Morgan fingerprint density at radius 3 is 2.89 bits per heavy atom. The topological polar surface area (TPSA) is 72.4 Å². The molecular weight excluding hydrogens is 242 g/mol. The van der Waals surface area contributed by atoms with Crippen molar-refractivity contribution in [2.24, 2.45) is 11.7 Å². The van der Waals surface area contributed by atoms with Crippen LogP contribution >= 0.6 is 0 Å². The molecule has 0 fully saturated rings. The van der Waals surface area contributed by atoms with E-state index in [1.54, 1.807) is 18.9 Å². The average molecular weight is 261 g/mol. The largest absolute Gasteiger partial charge is 0.441 e. The second-order valence-electron chi connectivity index (χ2n) is 4.62. The van der Waals surface area contributed by atoms with E-state index in [4.69, 9.17) is 10.2 Å². The summed E-state index contributed by atoms with van der Waals surface area (Å²) in [4.78, 5) is 18.1. The lowest BCUT2D eigenvalue weighted by atomic mass is 10.1. The maximum atomic E-state index is 12.2. The number of amides is 1. The number of nitrogens with zero attached hydrogens (tertiary/aromatic N) is 2.